The van der Waals surface area contributed by atoms with Gasteiger partial charge in [0.05, 0.1) is 5.69 Å². The number of rotatable bonds is 5. The summed E-state index contributed by atoms with van der Waals surface area (Å²) < 4.78 is 4.76. The van der Waals surface area contributed by atoms with Crippen LogP contribution in [0.2, 0.25) is 0 Å². The first-order chi connectivity index (χ1) is 11.7. The SMILES string of the molecule is COCC(=O)Nc1ccc(-n2nnc(C(=O)N3CCCC3)n2)cc1. The number of methoxy groups -OCH3 is 1. The maximum Gasteiger partial charge on any atom is 0.295 e. The van der Waals surface area contributed by atoms with Gasteiger partial charge in [0.15, 0.2) is 0 Å². The van der Waals surface area contributed by atoms with E-state index in [0.29, 0.717) is 11.4 Å². The van der Waals surface area contributed by atoms with Gasteiger partial charge in [0.2, 0.25) is 5.91 Å². The number of carbonyl (C=O) groups excluding carboxylic acids is 2. The summed E-state index contributed by atoms with van der Waals surface area (Å²) in [5.74, 6) is -0.334. The van der Waals surface area contributed by atoms with Gasteiger partial charge in [-0.15, -0.1) is 15.0 Å². The first-order valence-electron chi connectivity index (χ1n) is 7.66. The topological polar surface area (TPSA) is 102 Å². The Kier molecular flexibility index (Phi) is 4.80. The minimum absolute atomic E-state index is 0.00560. The lowest BCUT2D eigenvalue weighted by Gasteiger charge is -2.11. The Morgan fingerprint density at radius 2 is 1.92 bits per heavy atom. The molecule has 0 atom stereocenters. The van der Waals surface area contributed by atoms with Crippen molar-refractivity contribution in [2.24, 2.45) is 0 Å². The molecule has 3 rings (SSSR count). The Hall–Kier alpha value is -2.81. The molecule has 2 amide bonds. The zero-order chi connectivity index (χ0) is 16.9. The lowest BCUT2D eigenvalue weighted by atomic mass is 10.3. The molecule has 0 bridgehead atoms. The molecular formula is C15H18N6O3. The van der Waals surface area contributed by atoms with Crippen LogP contribution in [0.15, 0.2) is 24.3 Å². The molecule has 1 saturated heterocycles. The van der Waals surface area contributed by atoms with Crippen LogP contribution in [-0.2, 0) is 9.53 Å². The number of benzene rings is 1. The van der Waals surface area contributed by atoms with E-state index >= 15 is 0 Å². The molecule has 24 heavy (non-hydrogen) atoms. The monoisotopic (exact) mass is 330 g/mol. The van der Waals surface area contributed by atoms with Crippen LogP contribution >= 0.6 is 0 Å². The fourth-order valence-electron chi connectivity index (χ4n) is 2.48. The molecular weight excluding hydrogens is 312 g/mol. The van der Waals surface area contributed by atoms with Crippen LogP contribution in [0.4, 0.5) is 5.69 Å². The summed E-state index contributed by atoms with van der Waals surface area (Å²) in [7, 11) is 1.46. The van der Waals surface area contributed by atoms with Crippen molar-refractivity contribution in [1.82, 2.24) is 25.1 Å². The maximum absolute atomic E-state index is 12.2. The second-order valence-corrected chi connectivity index (χ2v) is 5.43. The van der Waals surface area contributed by atoms with Crippen molar-refractivity contribution in [3.8, 4) is 5.69 Å². The third kappa shape index (κ3) is 3.57. The van der Waals surface area contributed by atoms with Gasteiger partial charge in [-0.2, -0.15) is 0 Å². The minimum Gasteiger partial charge on any atom is -0.375 e. The Labute approximate surface area is 138 Å². The van der Waals surface area contributed by atoms with E-state index in [1.165, 1.54) is 11.9 Å². The van der Waals surface area contributed by atoms with Crippen LogP contribution in [0.5, 0.6) is 0 Å². The predicted molar refractivity (Wildman–Crippen MR) is 84.8 cm³/mol. The van der Waals surface area contributed by atoms with Crippen LogP contribution in [0, 0.1) is 0 Å². The molecule has 0 unspecified atom stereocenters. The molecule has 1 N–H and O–H groups in total. The minimum atomic E-state index is -0.234. The van der Waals surface area contributed by atoms with Crippen molar-refractivity contribution in [2.75, 3.05) is 32.1 Å². The lowest BCUT2D eigenvalue weighted by Crippen LogP contribution is -2.28. The number of nitrogens with zero attached hydrogens (tertiary/aromatic N) is 5. The molecule has 1 aliphatic heterocycles. The molecule has 1 fully saturated rings. The summed E-state index contributed by atoms with van der Waals surface area (Å²) in [6.07, 6.45) is 2.02. The van der Waals surface area contributed by atoms with E-state index in [4.69, 9.17) is 4.74 Å². The number of nitrogens with one attached hydrogen (secondary N) is 1. The van der Waals surface area contributed by atoms with Crippen molar-refractivity contribution in [3.05, 3.63) is 30.1 Å². The number of hydrogen-bond donors (Lipinski definition) is 1. The maximum atomic E-state index is 12.2. The van der Waals surface area contributed by atoms with E-state index in [1.807, 2.05) is 0 Å². The van der Waals surface area contributed by atoms with Crippen molar-refractivity contribution in [3.63, 3.8) is 0 Å². The first-order valence-corrected chi connectivity index (χ1v) is 7.66. The van der Waals surface area contributed by atoms with E-state index < -0.39 is 0 Å². The van der Waals surface area contributed by atoms with Crippen molar-refractivity contribution >= 4 is 17.5 Å². The molecule has 126 valence electrons. The van der Waals surface area contributed by atoms with Crippen molar-refractivity contribution < 1.29 is 14.3 Å². The molecule has 1 aliphatic rings. The smallest absolute Gasteiger partial charge is 0.295 e. The summed E-state index contributed by atoms with van der Waals surface area (Å²) in [5.41, 5.74) is 1.28. The molecule has 1 aromatic heterocycles. The molecule has 1 aromatic carbocycles. The third-order valence-corrected chi connectivity index (χ3v) is 3.66. The normalized spacial score (nSPS) is 14.0. The quantitative estimate of drug-likeness (QED) is 0.855. The summed E-state index contributed by atoms with van der Waals surface area (Å²) >= 11 is 0. The van der Waals surface area contributed by atoms with Crippen LogP contribution in [0.1, 0.15) is 23.5 Å². The van der Waals surface area contributed by atoms with Gasteiger partial charge in [0.25, 0.3) is 11.7 Å². The van der Waals surface area contributed by atoms with Crippen LogP contribution in [0.3, 0.4) is 0 Å². The van der Waals surface area contributed by atoms with Gasteiger partial charge in [-0.1, -0.05) is 0 Å². The predicted octanol–water partition coefficient (Wildman–Crippen LogP) is 0.483. The number of carbonyl (C=O) groups is 2. The molecule has 2 heterocycles. The van der Waals surface area contributed by atoms with Gasteiger partial charge >= 0.3 is 0 Å². The average Bonchev–Trinajstić information content (AvgIpc) is 3.27. The summed E-state index contributed by atoms with van der Waals surface area (Å²) in [5, 5.41) is 14.6. The van der Waals surface area contributed by atoms with Crippen LogP contribution in [0.25, 0.3) is 5.69 Å². The molecule has 9 nitrogen and oxygen atoms in total. The van der Waals surface area contributed by atoms with Gasteiger partial charge in [-0.25, -0.2) is 0 Å². The number of amides is 2. The second kappa shape index (κ2) is 7.18. The Morgan fingerprint density at radius 1 is 1.21 bits per heavy atom. The van der Waals surface area contributed by atoms with Gasteiger partial charge in [-0.05, 0) is 42.3 Å². The molecule has 0 radical (unpaired) electrons. The molecule has 0 aliphatic carbocycles. The standard InChI is InChI=1S/C15H18N6O3/c1-24-10-13(22)16-11-4-6-12(7-5-11)21-18-14(17-19-21)15(23)20-8-2-3-9-20/h4-7H,2-3,8-10H2,1H3,(H,16,22). The Balaban J connectivity index is 1.68. The number of tetrazole rings is 1. The number of anilines is 1. The van der Waals surface area contributed by atoms with E-state index in [9.17, 15) is 9.59 Å². The van der Waals surface area contributed by atoms with Crippen molar-refractivity contribution in [2.45, 2.75) is 12.8 Å². The van der Waals surface area contributed by atoms with Crippen molar-refractivity contribution in [1.29, 1.82) is 0 Å². The van der Waals surface area contributed by atoms with Gasteiger partial charge < -0.3 is 15.0 Å². The number of ether oxygens (including phenoxy) is 1. The Morgan fingerprint density at radius 3 is 2.58 bits per heavy atom. The lowest BCUT2D eigenvalue weighted by molar-refractivity contribution is -0.119. The second-order valence-electron chi connectivity index (χ2n) is 5.43. The molecule has 2 aromatic rings. The zero-order valence-corrected chi connectivity index (χ0v) is 13.3. The summed E-state index contributed by atoms with van der Waals surface area (Å²) in [6, 6.07) is 6.89. The largest absolute Gasteiger partial charge is 0.375 e. The molecule has 9 heteroatoms. The zero-order valence-electron chi connectivity index (χ0n) is 13.3. The fourth-order valence-corrected chi connectivity index (χ4v) is 2.48. The average molecular weight is 330 g/mol. The summed E-state index contributed by atoms with van der Waals surface area (Å²) in [4.78, 5) is 26.7. The van der Waals surface area contributed by atoms with Gasteiger partial charge in [-0.3, -0.25) is 9.59 Å². The number of aromatic nitrogens is 4. The van der Waals surface area contributed by atoms with E-state index in [-0.39, 0.29) is 24.2 Å². The highest BCUT2D eigenvalue weighted by atomic mass is 16.5. The fraction of sp³-hybridized carbons (Fsp3) is 0.400. The number of hydrogen-bond acceptors (Lipinski definition) is 6. The first kappa shape index (κ1) is 16.1. The molecule has 0 spiro atoms. The summed E-state index contributed by atoms with van der Waals surface area (Å²) in [6.45, 7) is 1.47. The van der Waals surface area contributed by atoms with Gasteiger partial charge in [0.1, 0.15) is 6.61 Å². The van der Waals surface area contributed by atoms with Gasteiger partial charge in [0, 0.05) is 25.9 Å². The highest BCUT2D eigenvalue weighted by Crippen LogP contribution is 2.13. The highest BCUT2D eigenvalue weighted by molar-refractivity contribution is 5.91. The van der Waals surface area contributed by atoms with Crippen LogP contribution in [-0.4, -0.2) is 63.7 Å². The third-order valence-electron chi connectivity index (χ3n) is 3.66. The Bertz CT molecular complexity index is 721. The van der Waals surface area contributed by atoms with E-state index in [1.54, 1.807) is 29.2 Å². The van der Waals surface area contributed by atoms with E-state index in [2.05, 4.69) is 20.7 Å². The highest BCUT2D eigenvalue weighted by Gasteiger charge is 2.23. The van der Waals surface area contributed by atoms with Crippen LogP contribution < -0.4 is 5.32 Å². The van der Waals surface area contributed by atoms with E-state index in [0.717, 1.165) is 25.9 Å². The number of likely N-dealkylation sites (tertiary alicyclic amines) is 1. The molecule has 0 saturated carbocycles.